The fourth-order valence-corrected chi connectivity index (χ4v) is 2.21. The Hall–Kier alpha value is -2.74. The van der Waals surface area contributed by atoms with E-state index in [-0.39, 0.29) is 5.75 Å². The molecule has 0 aliphatic rings. The third kappa shape index (κ3) is 2.50. The van der Waals surface area contributed by atoms with Crippen molar-refractivity contribution in [3.8, 4) is 16.9 Å². The van der Waals surface area contributed by atoms with Crippen molar-refractivity contribution in [3.05, 3.63) is 78.9 Å². The van der Waals surface area contributed by atoms with Gasteiger partial charge in [-0.05, 0) is 24.3 Å². The quantitative estimate of drug-likeness (QED) is 0.709. The van der Waals surface area contributed by atoms with Gasteiger partial charge in [0.25, 0.3) is 0 Å². The van der Waals surface area contributed by atoms with Gasteiger partial charge >= 0.3 is 0 Å². The first kappa shape index (κ1) is 12.3. The minimum Gasteiger partial charge on any atom is -0.507 e. The van der Waals surface area contributed by atoms with E-state index in [0.29, 0.717) is 0 Å². The number of aromatic hydroxyl groups is 1. The molecule has 0 spiro atoms. The highest BCUT2D eigenvalue weighted by Crippen LogP contribution is 2.35. The van der Waals surface area contributed by atoms with Gasteiger partial charge in [0.05, 0.1) is 0 Å². The molecular weight excluding hydrogens is 246 g/mol. The molecule has 0 unspecified atom stereocenters. The number of anilines is 2. The van der Waals surface area contributed by atoms with Gasteiger partial charge in [-0.15, -0.1) is 0 Å². The first-order valence-corrected chi connectivity index (χ1v) is 6.54. The summed E-state index contributed by atoms with van der Waals surface area (Å²) >= 11 is 0. The van der Waals surface area contributed by atoms with Gasteiger partial charge in [0.15, 0.2) is 0 Å². The Morgan fingerprint density at radius 3 is 1.95 bits per heavy atom. The Bertz CT molecular complexity index is 707. The van der Waals surface area contributed by atoms with E-state index in [9.17, 15) is 5.11 Å². The van der Waals surface area contributed by atoms with Crippen LogP contribution >= 0.6 is 0 Å². The number of nitrogens with one attached hydrogen (secondary N) is 1. The van der Waals surface area contributed by atoms with Crippen LogP contribution in [-0.2, 0) is 0 Å². The summed E-state index contributed by atoms with van der Waals surface area (Å²) in [5.41, 5.74) is 3.80. The van der Waals surface area contributed by atoms with E-state index in [2.05, 4.69) is 5.32 Å². The second-order valence-corrected chi connectivity index (χ2v) is 4.55. The number of phenols is 1. The topological polar surface area (TPSA) is 32.3 Å². The van der Waals surface area contributed by atoms with E-state index >= 15 is 0 Å². The Kier molecular flexibility index (Phi) is 3.38. The highest BCUT2D eigenvalue weighted by Gasteiger charge is 2.08. The largest absolute Gasteiger partial charge is 0.507 e. The van der Waals surface area contributed by atoms with Crippen molar-refractivity contribution >= 4 is 11.4 Å². The molecule has 2 heteroatoms. The molecule has 0 aliphatic carbocycles. The van der Waals surface area contributed by atoms with E-state index < -0.39 is 0 Å². The lowest BCUT2D eigenvalue weighted by Crippen LogP contribution is -1.93. The van der Waals surface area contributed by atoms with E-state index in [4.69, 9.17) is 0 Å². The second-order valence-electron chi connectivity index (χ2n) is 4.55. The average Bonchev–Trinajstić information content (AvgIpc) is 2.50. The van der Waals surface area contributed by atoms with Crippen LogP contribution in [0.15, 0.2) is 78.9 Å². The lowest BCUT2D eigenvalue weighted by atomic mass is 10.0. The zero-order valence-corrected chi connectivity index (χ0v) is 11.0. The predicted molar refractivity (Wildman–Crippen MR) is 83.3 cm³/mol. The molecule has 0 aromatic heterocycles. The first-order valence-electron chi connectivity index (χ1n) is 6.54. The van der Waals surface area contributed by atoms with Crippen molar-refractivity contribution < 1.29 is 5.11 Å². The molecule has 0 aliphatic heterocycles. The molecule has 20 heavy (non-hydrogen) atoms. The SMILES string of the molecule is Oc1ccccc1-c1ccccc1Nc1ccccc1. The Morgan fingerprint density at radius 2 is 1.20 bits per heavy atom. The molecule has 2 N–H and O–H groups in total. The zero-order chi connectivity index (χ0) is 13.8. The maximum absolute atomic E-state index is 10.0. The maximum atomic E-state index is 10.0. The molecule has 0 heterocycles. The standard InChI is InChI=1S/C18H15NO/c20-18-13-7-5-11-16(18)15-10-4-6-12-17(15)19-14-8-2-1-3-9-14/h1-13,19-20H. The van der Waals surface area contributed by atoms with E-state index in [1.807, 2.05) is 72.8 Å². The monoisotopic (exact) mass is 261 g/mol. The van der Waals surface area contributed by atoms with Crippen molar-refractivity contribution in [3.63, 3.8) is 0 Å². The molecule has 0 radical (unpaired) electrons. The number of phenolic OH excluding ortho intramolecular Hbond substituents is 1. The van der Waals surface area contributed by atoms with Gasteiger partial charge < -0.3 is 10.4 Å². The second kappa shape index (κ2) is 5.49. The van der Waals surface area contributed by atoms with E-state index in [1.54, 1.807) is 6.07 Å². The van der Waals surface area contributed by atoms with Crippen LogP contribution in [0.4, 0.5) is 11.4 Å². The Morgan fingerprint density at radius 1 is 0.600 bits per heavy atom. The van der Waals surface area contributed by atoms with Crippen molar-refractivity contribution in [2.75, 3.05) is 5.32 Å². The van der Waals surface area contributed by atoms with Crippen LogP contribution in [0.25, 0.3) is 11.1 Å². The number of hydrogen-bond donors (Lipinski definition) is 2. The number of benzene rings is 3. The van der Waals surface area contributed by atoms with Crippen LogP contribution in [-0.4, -0.2) is 5.11 Å². The summed E-state index contributed by atoms with van der Waals surface area (Å²) in [5.74, 6) is 0.287. The molecule has 2 nitrogen and oxygen atoms in total. The van der Waals surface area contributed by atoms with Gasteiger partial charge in [-0.1, -0.05) is 54.6 Å². The molecule has 0 saturated heterocycles. The summed E-state index contributed by atoms with van der Waals surface area (Å²) < 4.78 is 0. The minimum atomic E-state index is 0.287. The van der Waals surface area contributed by atoms with Crippen LogP contribution in [0.2, 0.25) is 0 Å². The lowest BCUT2D eigenvalue weighted by molar-refractivity contribution is 0.477. The molecule has 3 rings (SSSR count). The van der Waals surface area contributed by atoms with Crippen molar-refractivity contribution in [1.29, 1.82) is 0 Å². The lowest BCUT2D eigenvalue weighted by Gasteiger charge is -2.13. The minimum absolute atomic E-state index is 0.287. The van der Waals surface area contributed by atoms with Crippen molar-refractivity contribution in [1.82, 2.24) is 0 Å². The smallest absolute Gasteiger partial charge is 0.123 e. The Labute approximate surface area is 118 Å². The van der Waals surface area contributed by atoms with Gasteiger partial charge in [-0.2, -0.15) is 0 Å². The van der Waals surface area contributed by atoms with Gasteiger partial charge in [-0.25, -0.2) is 0 Å². The summed E-state index contributed by atoms with van der Waals surface area (Å²) in [6, 6.07) is 25.3. The average molecular weight is 261 g/mol. The molecule has 3 aromatic rings. The summed E-state index contributed by atoms with van der Waals surface area (Å²) in [7, 11) is 0. The highest BCUT2D eigenvalue weighted by molar-refractivity contribution is 5.83. The van der Waals surface area contributed by atoms with Gasteiger partial charge in [0.2, 0.25) is 0 Å². The van der Waals surface area contributed by atoms with Gasteiger partial charge in [-0.3, -0.25) is 0 Å². The third-order valence-corrected chi connectivity index (χ3v) is 3.17. The molecule has 0 bridgehead atoms. The fraction of sp³-hybridized carbons (Fsp3) is 0. The molecule has 3 aromatic carbocycles. The highest BCUT2D eigenvalue weighted by atomic mass is 16.3. The van der Waals surface area contributed by atoms with E-state index in [1.165, 1.54) is 0 Å². The molecule has 0 atom stereocenters. The molecule has 0 amide bonds. The van der Waals surface area contributed by atoms with Gasteiger partial charge in [0, 0.05) is 22.5 Å². The van der Waals surface area contributed by atoms with Crippen molar-refractivity contribution in [2.24, 2.45) is 0 Å². The predicted octanol–water partition coefficient (Wildman–Crippen LogP) is 4.80. The van der Waals surface area contributed by atoms with Gasteiger partial charge in [0.1, 0.15) is 5.75 Å². The number of hydrogen-bond acceptors (Lipinski definition) is 2. The number of para-hydroxylation sites is 3. The summed E-state index contributed by atoms with van der Waals surface area (Å²) in [6.45, 7) is 0. The van der Waals surface area contributed by atoms with Crippen LogP contribution in [0.1, 0.15) is 0 Å². The summed E-state index contributed by atoms with van der Waals surface area (Å²) in [4.78, 5) is 0. The van der Waals surface area contributed by atoms with Crippen LogP contribution < -0.4 is 5.32 Å². The number of rotatable bonds is 3. The fourth-order valence-electron chi connectivity index (χ4n) is 2.21. The summed E-state index contributed by atoms with van der Waals surface area (Å²) in [5, 5.41) is 13.4. The maximum Gasteiger partial charge on any atom is 0.123 e. The third-order valence-electron chi connectivity index (χ3n) is 3.17. The molecular formula is C18H15NO. The summed E-state index contributed by atoms with van der Waals surface area (Å²) in [6.07, 6.45) is 0. The molecule has 98 valence electrons. The first-order chi connectivity index (χ1) is 9.84. The molecule has 0 saturated carbocycles. The van der Waals surface area contributed by atoms with Crippen LogP contribution in [0, 0.1) is 0 Å². The van der Waals surface area contributed by atoms with Crippen LogP contribution in [0.3, 0.4) is 0 Å². The van der Waals surface area contributed by atoms with E-state index in [0.717, 1.165) is 22.5 Å². The Balaban J connectivity index is 2.03. The molecule has 0 fully saturated rings. The van der Waals surface area contributed by atoms with Crippen LogP contribution in [0.5, 0.6) is 5.75 Å². The van der Waals surface area contributed by atoms with Crippen molar-refractivity contribution in [2.45, 2.75) is 0 Å². The zero-order valence-electron chi connectivity index (χ0n) is 11.0. The normalized spacial score (nSPS) is 10.2.